The molecule has 0 aliphatic carbocycles. The average Bonchev–Trinajstić information content (AvgIpc) is 2.49. The van der Waals surface area contributed by atoms with Crippen molar-refractivity contribution in [2.75, 3.05) is 5.32 Å². The Labute approximate surface area is 125 Å². The van der Waals surface area contributed by atoms with Gasteiger partial charge in [0.05, 0.1) is 11.0 Å². The van der Waals surface area contributed by atoms with E-state index >= 15 is 0 Å². The summed E-state index contributed by atoms with van der Waals surface area (Å²) in [7, 11) is -3.09. The molecule has 0 saturated heterocycles. The maximum Gasteiger partial charge on any atom is 0.301 e. The molecule has 1 N–H and O–H groups in total. The number of rotatable bonds is 2. The van der Waals surface area contributed by atoms with Crippen LogP contribution in [0.4, 0.5) is 5.69 Å². The quantitative estimate of drug-likeness (QED) is 0.832. The highest BCUT2D eigenvalue weighted by molar-refractivity contribution is 7.69. The number of hydrogen-bond acceptors (Lipinski definition) is 3. The first-order chi connectivity index (χ1) is 9.97. The predicted molar refractivity (Wildman–Crippen MR) is 87.6 cm³/mol. The van der Waals surface area contributed by atoms with Crippen LogP contribution in [-0.2, 0) is 4.57 Å². The van der Waals surface area contributed by atoms with E-state index in [9.17, 15) is 4.57 Å². The molecular formula is C17H20NO2P. The zero-order chi connectivity index (χ0) is 15.1. The van der Waals surface area contributed by atoms with Gasteiger partial charge < -0.3 is 9.84 Å². The number of hydrogen-bond donors (Lipinski definition) is 1. The standard InChI is InChI=1S/C17H20NO2P/c1-13(2)17(3)18-15-11-7-8-12-16(15)20-21(17,19)14-9-5-4-6-10-14/h4-13,18H,1-3H3/t17-,21-/m0/s1. The third kappa shape index (κ3) is 2.08. The van der Waals surface area contributed by atoms with E-state index in [-0.39, 0.29) is 5.92 Å². The number of anilines is 1. The fourth-order valence-corrected chi connectivity index (χ4v) is 5.44. The van der Waals surface area contributed by atoms with Crippen LogP contribution >= 0.6 is 7.37 Å². The Morgan fingerprint density at radius 3 is 2.33 bits per heavy atom. The van der Waals surface area contributed by atoms with Gasteiger partial charge in [0, 0.05) is 0 Å². The molecule has 3 rings (SSSR count). The van der Waals surface area contributed by atoms with E-state index in [1.165, 1.54) is 0 Å². The minimum absolute atomic E-state index is 0.150. The summed E-state index contributed by atoms with van der Waals surface area (Å²) in [6.45, 7) is 6.13. The van der Waals surface area contributed by atoms with E-state index in [0.717, 1.165) is 11.0 Å². The molecule has 4 heteroatoms. The lowest BCUT2D eigenvalue weighted by atomic mass is 10.0. The maximum atomic E-state index is 13.8. The van der Waals surface area contributed by atoms with Gasteiger partial charge in [0.1, 0.15) is 11.0 Å². The molecular weight excluding hydrogens is 281 g/mol. The van der Waals surface area contributed by atoms with Crippen molar-refractivity contribution in [2.24, 2.45) is 5.92 Å². The summed E-state index contributed by atoms with van der Waals surface area (Å²) in [6, 6.07) is 17.2. The van der Waals surface area contributed by atoms with Crippen molar-refractivity contribution in [1.29, 1.82) is 0 Å². The summed E-state index contributed by atoms with van der Waals surface area (Å²) in [6.07, 6.45) is 0. The van der Waals surface area contributed by atoms with Crippen molar-refractivity contribution in [1.82, 2.24) is 0 Å². The largest absolute Gasteiger partial charge is 0.436 e. The zero-order valence-corrected chi connectivity index (χ0v) is 13.4. The molecule has 110 valence electrons. The van der Waals surface area contributed by atoms with Gasteiger partial charge in [0.25, 0.3) is 0 Å². The second kappa shape index (κ2) is 4.92. The molecule has 0 spiro atoms. The summed E-state index contributed by atoms with van der Waals surface area (Å²) in [4.78, 5) is 0. The minimum atomic E-state index is -3.09. The summed E-state index contributed by atoms with van der Waals surface area (Å²) >= 11 is 0. The van der Waals surface area contributed by atoms with E-state index in [0.29, 0.717) is 5.75 Å². The Balaban J connectivity index is 2.20. The highest BCUT2D eigenvalue weighted by Crippen LogP contribution is 2.64. The van der Waals surface area contributed by atoms with Crippen molar-refractivity contribution in [2.45, 2.75) is 26.1 Å². The average molecular weight is 301 g/mol. The van der Waals surface area contributed by atoms with Gasteiger partial charge in [-0.15, -0.1) is 0 Å². The molecule has 2 aromatic rings. The molecule has 0 amide bonds. The fourth-order valence-electron chi connectivity index (χ4n) is 2.66. The molecule has 0 radical (unpaired) electrons. The lowest BCUT2D eigenvalue weighted by molar-refractivity contribution is 0.396. The van der Waals surface area contributed by atoms with E-state index < -0.39 is 12.6 Å². The molecule has 2 aromatic carbocycles. The van der Waals surface area contributed by atoms with Gasteiger partial charge >= 0.3 is 7.37 Å². The summed E-state index contributed by atoms with van der Waals surface area (Å²) in [5.41, 5.74) is 0.899. The van der Waals surface area contributed by atoms with Gasteiger partial charge in [-0.05, 0) is 37.1 Å². The lowest BCUT2D eigenvalue weighted by Crippen LogP contribution is -2.46. The van der Waals surface area contributed by atoms with E-state index in [2.05, 4.69) is 19.2 Å². The topological polar surface area (TPSA) is 38.3 Å². The van der Waals surface area contributed by atoms with Crippen LogP contribution in [0.3, 0.4) is 0 Å². The third-order valence-corrected chi connectivity index (χ3v) is 7.62. The van der Waals surface area contributed by atoms with Gasteiger partial charge in [-0.25, -0.2) is 0 Å². The van der Waals surface area contributed by atoms with Crippen LogP contribution in [0.5, 0.6) is 5.75 Å². The predicted octanol–water partition coefficient (Wildman–Crippen LogP) is 4.47. The van der Waals surface area contributed by atoms with Crippen molar-refractivity contribution in [3.63, 3.8) is 0 Å². The number of fused-ring (bicyclic) bond motifs is 1. The highest BCUT2D eigenvalue weighted by atomic mass is 31.2. The normalized spacial score (nSPS) is 27.6. The van der Waals surface area contributed by atoms with Crippen molar-refractivity contribution in [3.8, 4) is 5.75 Å². The Hall–Kier alpha value is -1.73. The van der Waals surface area contributed by atoms with E-state index in [1.807, 2.05) is 61.5 Å². The van der Waals surface area contributed by atoms with Crippen LogP contribution in [0.25, 0.3) is 0 Å². The van der Waals surface area contributed by atoms with Crippen molar-refractivity contribution in [3.05, 3.63) is 54.6 Å². The molecule has 0 fully saturated rings. The van der Waals surface area contributed by atoms with E-state index in [1.54, 1.807) is 0 Å². The molecule has 3 nitrogen and oxygen atoms in total. The fraction of sp³-hybridized carbons (Fsp3) is 0.294. The van der Waals surface area contributed by atoms with E-state index in [4.69, 9.17) is 4.52 Å². The minimum Gasteiger partial charge on any atom is -0.436 e. The molecule has 1 heterocycles. The molecule has 0 saturated carbocycles. The Kier molecular flexibility index (Phi) is 3.33. The number of benzene rings is 2. The monoisotopic (exact) mass is 301 g/mol. The first kappa shape index (κ1) is 14.2. The molecule has 0 bridgehead atoms. The summed E-state index contributed by atoms with van der Waals surface area (Å²) in [5, 5.41) is 3.59. The molecule has 0 unspecified atom stereocenters. The van der Waals surface area contributed by atoms with Crippen LogP contribution in [0.15, 0.2) is 54.6 Å². The van der Waals surface area contributed by atoms with Gasteiger partial charge in [0.2, 0.25) is 0 Å². The molecule has 21 heavy (non-hydrogen) atoms. The van der Waals surface area contributed by atoms with Gasteiger partial charge in [0.15, 0.2) is 0 Å². The Morgan fingerprint density at radius 1 is 1.05 bits per heavy atom. The summed E-state index contributed by atoms with van der Waals surface area (Å²) < 4.78 is 19.9. The SMILES string of the molecule is CC(C)[C@@]1(C)Nc2ccccc2O[P@@]1(=O)c1ccccc1. The number of nitrogens with one attached hydrogen (secondary N) is 1. The number of para-hydroxylation sites is 2. The van der Waals surface area contributed by atoms with Crippen LogP contribution in [-0.4, -0.2) is 5.28 Å². The van der Waals surface area contributed by atoms with Gasteiger partial charge in [-0.2, -0.15) is 0 Å². The van der Waals surface area contributed by atoms with Crippen LogP contribution in [0.2, 0.25) is 0 Å². The highest BCUT2D eigenvalue weighted by Gasteiger charge is 2.53. The van der Waals surface area contributed by atoms with Crippen LogP contribution < -0.4 is 15.1 Å². The zero-order valence-electron chi connectivity index (χ0n) is 12.5. The molecule has 1 aliphatic rings. The molecule has 0 aromatic heterocycles. The Morgan fingerprint density at radius 2 is 1.67 bits per heavy atom. The lowest BCUT2D eigenvalue weighted by Gasteiger charge is -2.45. The first-order valence-electron chi connectivity index (χ1n) is 7.20. The third-order valence-electron chi connectivity index (χ3n) is 4.33. The smallest absolute Gasteiger partial charge is 0.301 e. The van der Waals surface area contributed by atoms with Gasteiger partial charge in [-0.1, -0.05) is 44.2 Å². The second-order valence-corrected chi connectivity index (χ2v) is 8.63. The Bertz CT molecular complexity index is 699. The maximum absolute atomic E-state index is 13.8. The first-order valence-corrected chi connectivity index (χ1v) is 8.82. The summed E-state index contributed by atoms with van der Waals surface area (Å²) in [5.74, 6) is 0.805. The molecule has 1 aliphatic heterocycles. The van der Waals surface area contributed by atoms with Crippen molar-refractivity contribution >= 4 is 18.4 Å². The molecule has 2 atom stereocenters. The van der Waals surface area contributed by atoms with Crippen molar-refractivity contribution < 1.29 is 9.09 Å². The van der Waals surface area contributed by atoms with Gasteiger partial charge in [-0.3, -0.25) is 4.57 Å². The van der Waals surface area contributed by atoms with Crippen LogP contribution in [0.1, 0.15) is 20.8 Å². The van der Waals surface area contributed by atoms with Crippen LogP contribution in [0, 0.1) is 5.92 Å². The second-order valence-electron chi connectivity index (χ2n) is 5.90.